The number of hydrogen-bond donors (Lipinski definition) is 0. The second kappa shape index (κ2) is 8.41. The molecule has 6 heteroatoms. The Morgan fingerprint density at radius 1 is 0.581 bits per heavy atom. The van der Waals surface area contributed by atoms with Crippen LogP contribution in [0.2, 0.25) is 5.02 Å². The van der Waals surface area contributed by atoms with Crippen molar-refractivity contribution in [3.05, 3.63) is 120 Å². The molecule has 2 nitrogen and oxygen atoms in total. The molecule has 0 aliphatic heterocycles. The predicted molar refractivity (Wildman–Crippen MR) is 135 cm³/mol. The van der Waals surface area contributed by atoms with Gasteiger partial charge in [-0.15, -0.1) is 0 Å². The molecule has 0 aromatic heterocycles. The molecule has 31 heavy (non-hydrogen) atoms. The summed E-state index contributed by atoms with van der Waals surface area (Å²) >= 11 is 13.9. The van der Waals surface area contributed by atoms with Gasteiger partial charge in [-0.3, -0.25) is 0 Å². The van der Waals surface area contributed by atoms with Crippen molar-refractivity contribution in [1.29, 1.82) is 0 Å². The Bertz CT molecular complexity index is 1180. The molecule has 0 saturated carbocycles. The normalized spacial score (nSPS) is 13.3. The molecule has 0 fully saturated rings. The van der Waals surface area contributed by atoms with E-state index in [1.807, 2.05) is 91.0 Å². The standard InChI is InChI=1S/C25H21Cl2O2PS/c26-21-16-18-25(19-17-21)31(28,29)20-30(27,22-10-4-1-5-11-22,23-12-6-2-7-13-23)24-14-8-3-9-15-24/h1-19H,20H2. The van der Waals surface area contributed by atoms with Gasteiger partial charge in [-0.05, 0) is 0 Å². The molecule has 0 saturated heterocycles. The number of rotatable bonds is 6. The van der Waals surface area contributed by atoms with E-state index in [1.165, 1.54) is 12.1 Å². The molecule has 158 valence electrons. The molecule has 0 heterocycles. The van der Waals surface area contributed by atoms with Gasteiger partial charge in [0.05, 0.1) is 0 Å². The zero-order chi connectivity index (χ0) is 22.0. The van der Waals surface area contributed by atoms with Gasteiger partial charge < -0.3 is 0 Å². The maximum atomic E-state index is 13.8. The van der Waals surface area contributed by atoms with E-state index in [4.69, 9.17) is 22.8 Å². The number of halogens is 2. The van der Waals surface area contributed by atoms with E-state index in [-0.39, 0.29) is 10.4 Å². The summed E-state index contributed by atoms with van der Waals surface area (Å²) in [5, 5.41) is 2.91. The van der Waals surface area contributed by atoms with Crippen LogP contribution in [-0.2, 0) is 9.84 Å². The SMILES string of the molecule is O=S(=O)(CP(Cl)(c1ccccc1)(c1ccccc1)c1ccccc1)c1ccc(Cl)cc1. The van der Waals surface area contributed by atoms with Crippen LogP contribution in [0.15, 0.2) is 120 Å². The molecule has 0 atom stereocenters. The second-order valence-electron chi connectivity index (χ2n) is 7.39. The fourth-order valence-corrected chi connectivity index (χ4v) is 15.0. The third kappa shape index (κ3) is 3.92. The predicted octanol–water partition coefficient (Wildman–Crippen LogP) is 5.75. The van der Waals surface area contributed by atoms with Crippen molar-refractivity contribution in [3.8, 4) is 0 Å². The van der Waals surface area contributed by atoms with Crippen LogP contribution in [0.25, 0.3) is 0 Å². The number of hydrogen-bond acceptors (Lipinski definition) is 2. The average Bonchev–Trinajstić information content (AvgIpc) is 2.81. The van der Waals surface area contributed by atoms with Crippen LogP contribution >= 0.6 is 28.8 Å². The Kier molecular flexibility index (Phi) is 5.98. The van der Waals surface area contributed by atoms with E-state index < -0.39 is 15.8 Å². The molecule has 0 spiro atoms. The summed E-state index contributed by atoms with van der Waals surface area (Å²) in [4.78, 5) is 0.203. The zero-order valence-corrected chi connectivity index (χ0v) is 19.8. The monoisotopic (exact) mass is 486 g/mol. The van der Waals surface area contributed by atoms with Gasteiger partial charge in [0.25, 0.3) is 0 Å². The molecule has 0 aliphatic carbocycles. The molecule has 4 aromatic carbocycles. The maximum absolute atomic E-state index is 13.8. The van der Waals surface area contributed by atoms with Crippen molar-refractivity contribution in [2.45, 2.75) is 4.90 Å². The van der Waals surface area contributed by atoms with Gasteiger partial charge in [-0.1, -0.05) is 0 Å². The summed E-state index contributed by atoms with van der Waals surface area (Å²) in [5.74, 6) is -3.92. The minimum atomic E-state index is -3.92. The zero-order valence-electron chi connectivity index (χ0n) is 16.6. The molecule has 0 radical (unpaired) electrons. The topological polar surface area (TPSA) is 34.1 Å². The summed E-state index contributed by atoms with van der Waals surface area (Å²) in [6, 6.07) is 35.0. The molecule has 0 N–H and O–H groups in total. The summed E-state index contributed by atoms with van der Waals surface area (Å²) in [5.41, 5.74) is -0.236. The third-order valence-corrected chi connectivity index (χ3v) is 16.8. The quantitative estimate of drug-likeness (QED) is 0.325. The number of benzene rings is 4. The van der Waals surface area contributed by atoms with Crippen LogP contribution in [-0.4, -0.2) is 13.9 Å². The molecule has 4 rings (SSSR count). The van der Waals surface area contributed by atoms with Gasteiger partial charge >= 0.3 is 194 Å². The van der Waals surface area contributed by atoms with E-state index >= 15 is 0 Å². The Labute approximate surface area is 193 Å². The third-order valence-electron chi connectivity index (χ3n) is 5.47. The van der Waals surface area contributed by atoms with Gasteiger partial charge in [-0.25, -0.2) is 0 Å². The summed E-state index contributed by atoms with van der Waals surface area (Å²) in [6.45, 7) is 0. The summed E-state index contributed by atoms with van der Waals surface area (Å²) in [7, 11) is -3.77. The first-order valence-corrected chi connectivity index (χ1v) is 15.1. The van der Waals surface area contributed by atoms with Crippen molar-refractivity contribution in [1.82, 2.24) is 0 Å². The van der Waals surface area contributed by atoms with Crippen LogP contribution in [0.4, 0.5) is 0 Å². The Balaban J connectivity index is 2.07. The van der Waals surface area contributed by atoms with E-state index in [1.54, 1.807) is 12.1 Å². The van der Waals surface area contributed by atoms with Crippen molar-refractivity contribution in [2.24, 2.45) is 0 Å². The van der Waals surface area contributed by atoms with Crippen molar-refractivity contribution >= 4 is 54.5 Å². The van der Waals surface area contributed by atoms with E-state index in [0.29, 0.717) is 5.02 Å². The summed E-state index contributed by atoms with van der Waals surface area (Å²) < 4.78 is 27.6. The summed E-state index contributed by atoms with van der Waals surface area (Å²) in [6.07, 6.45) is 0. The molecular formula is C25H21Cl2O2PS. The fourth-order valence-electron chi connectivity index (χ4n) is 3.92. The van der Waals surface area contributed by atoms with Crippen LogP contribution in [0.3, 0.4) is 0 Å². The van der Waals surface area contributed by atoms with Crippen LogP contribution in [0.1, 0.15) is 0 Å². The Morgan fingerprint density at radius 2 is 0.935 bits per heavy atom. The van der Waals surface area contributed by atoms with Gasteiger partial charge in [0.1, 0.15) is 0 Å². The molecular weight excluding hydrogens is 466 g/mol. The average molecular weight is 487 g/mol. The first-order valence-electron chi connectivity index (χ1n) is 9.72. The first kappa shape index (κ1) is 22.0. The van der Waals surface area contributed by atoms with Crippen molar-refractivity contribution in [2.75, 3.05) is 5.49 Å². The Hall–Kier alpha value is -2.16. The molecule has 0 aliphatic rings. The van der Waals surface area contributed by atoms with Crippen molar-refractivity contribution < 1.29 is 8.42 Å². The molecule has 4 aromatic rings. The number of sulfone groups is 1. The molecule has 0 bridgehead atoms. The molecule has 0 unspecified atom stereocenters. The van der Waals surface area contributed by atoms with E-state index in [0.717, 1.165) is 15.9 Å². The first-order chi connectivity index (χ1) is 14.8. The van der Waals surface area contributed by atoms with Gasteiger partial charge in [-0.2, -0.15) is 0 Å². The van der Waals surface area contributed by atoms with E-state index in [2.05, 4.69) is 0 Å². The van der Waals surface area contributed by atoms with Crippen LogP contribution in [0.5, 0.6) is 0 Å². The van der Waals surface area contributed by atoms with Crippen LogP contribution < -0.4 is 15.9 Å². The fraction of sp³-hybridized carbons (Fsp3) is 0.0400. The van der Waals surface area contributed by atoms with Gasteiger partial charge in [0.2, 0.25) is 0 Å². The van der Waals surface area contributed by atoms with Gasteiger partial charge in [0.15, 0.2) is 0 Å². The Morgan fingerprint density at radius 3 is 1.29 bits per heavy atom. The van der Waals surface area contributed by atoms with Crippen molar-refractivity contribution in [3.63, 3.8) is 0 Å². The van der Waals surface area contributed by atoms with E-state index in [9.17, 15) is 8.42 Å². The second-order valence-corrected chi connectivity index (χ2v) is 16.7. The van der Waals surface area contributed by atoms with Crippen LogP contribution in [0, 0.1) is 0 Å². The van der Waals surface area contributed by atoms with Gasteiger partial charge in [0, 0.05) is 0 Å². The molecule has 0 amide bonds. The minimum absolute atomic E-state index is 0.203.